The van der Waals surface area contributed by atoms with Crippen molar-refractivity contribution < 1.29 is 4.79 Å². The number of nitrogens with zero attached hydrogens (tertiary/aromatic N) is 4. The second-order valence-electron chi connectivity index (χ2n) is 6.34. The Kier molecular flexibility index (Phi) is 6.15. The van der Waals surface area contributed by atoms with Crippen LogP contribution in [0.25, 0.3) is 0 Å². The average Bonchev–Trinajstić information content (AvgIpc) is 2.74. The molecule has 0 bridgehead atoms. The molecular weight excluding hydrogens is 336 g/mol. The Labute approximate surface area is 160 Å². The fourth-order valence-electron chi connectivity index (χ4n) is 2.98. The van der Waals surface area contributed by atoms with Crippen molar-refractivity contribution in [3.05, 3.63) is 84.4 Å². The Bertz CT molecular complexity index is 868. The van der Waals surface area contributed by atoms with E-state index in [-0.39, 0.29) is 5.91 Å². The van der Waals surface area contributed by atoms with E-state index in [9.17, 15) is 4.79 Å². The number of para-hydroxylation sites is 1. The van der Waals surface area contributed by atoms with E-state index in [0.717, 1.165) is 29.9 Å². The van der Waals surface area contributed by atoms with Gasteiger partial charge >= 0.3 is 0 Å². The number of pyridine rings is 2. The number of benzene rings is 1. The highest BCUT2D eigenvalue weighted by atomic mass is 16.2. The van der Waals surface area contributed by atoms with E-state index in [1.807, 2.05) is 43.4 Å². The molecule has 0 fully saturated rings. The van der Waals surface area contributed by atoms with Crippen LogP contribution in [-0.4, -0.2) is 40.9 Å². The first kappa shape index (κ1) is 18.6. The minimum atomic E-state index is -0.0254. The SMILES string of the molecule is CCN(c1ccccc1)c1cncc(C(=O)N(C)CCc2ccncc2)c1. The molecule has 1 aromatic carbocycles. The van der Waals surface area contributed by atoms with Crippen molar-refractivity contribution in [1.82, 2.24) is 14.9 Å². The first-order chi connectivity index (χ1) is 13.2. The van der Waals surface area contributed by atoms with Crippen LogP contribution in [0.4, 0.5) is 11.4 Å². The van der Waals surface area contributed by atoms with E-state index < -0.39 is 0 Å². The van der Waals surface area contributed by atoms with E-state index >= 15 is 0 Å². The summed E-state index contributed by atoms with van der Waals surface area (Å²) in [5.74, 6) is -0.0254. The largest absolute Gasteiger partial charge is 0.341 e. The maximum absolute atomic E-state index is 12.8. The molecule has 5 heteroatoms. The van der Waals surface area contributed by atoms with Crippen LogP contribution < -0.4 is 4.90 Å². The normalized spacial score (nSPS) is 10.4. The Hall–Kier alpha value is -3.21. The molecule has 0 saturated carbocycles. The van der Waals surface area contributed by atoms with E-state index in [2.05, 4.69) is 33.9 Å². The summed E-state index contributed by atoms with van der Waals surface area (Å²) in [7, 11) is 1.82. The van der Waals surface area contributed by atoms with Crippen molar-refractivity contribution in [2.45, 2.75) is 13.3 Å². The van der Waals surface area contributed by atoms with Crippen molar-refractivity contribution in [2.24, 2.45) is 0 Å². The topological polar surface area (TPSA) is 49.3 Å². The summed E-state index contributed by atoms with van der Waals surface area (Å²) < 4.78 is 0. The van der Waals surface area contributed by atoms with Gasteiger partial charge in [0.25, 0.3) is 5.91 Å². The Morgan fingerprint density at radius 3 is 2.41 bits per heavy atom. The molecule has 0 aliphatic rings. The van der Waals surface area contributed by atoms with Gasteiger partial charge in [0.2, 0.25) is 0 Å². The standard InChI is InChI=1S/C22H24N4O/c1-3-26(20-7-5-4-6-8-20)21-15-19(16-24-17-21)22(27)25(2)14-11-18-9-12-23-13-10-18/h4-10,12-13,15-17H,3,11,14H2,1-2H3. The Morgan fingerprint density at radius 1 is 0.963 bits per heavy atom. The Morgan fingerprint density at radius 2 is 1.70 bits per heavy atom. The van der Waals surface area contributed by atoms with Gasteiger partial charge in [-0.2, -0.15) is 0 Å². The number of hydrogen-bond donors (Lipinski definition) is 0. The predicted molar refractivity (Wildman–Crippen MR) is 108 cm³/mol. The van der Waals surface area contributed by atoms with Gasteiger partial charge in [0, 0.05) is 44.4 Å². The van der Waals surface area contributed by atoms with Gasteiger partial charge < -0.3 is 9.80 Å². The number of hydrogen-bond acceptors (Lipinski definition) is 4. The zero-order chi connectivity index (χ0) is 19.1. The van der Waals surface area contributed by atoms with Gasteiger partial charge in [0.15, 0.2) is 0 Å². The minimum absolute atomic E-state index is 0.0254. The highest BCUT2D eigenvalue weighted by Gasteiger charge is 2.15. The average molecular weight is 360 g/mol. The van der Waals surface area contributed by atoms with Crippen LogP contribution in [0.5, 0.6) is 0 Å². The molecule has 3 aromatic rings. The summed E-state index contributed by atoms with van der Waals surface area (Å²) in [6.07, 6.45) is 7.77. The monoisotopic (exact) mass is 360 g/mol. The van der Waals surface area contributed by atoms with Gasteiger partial charge in [-0.15, -0.1) is 0 Å². The van der Waals surface area contributed by atoms with Gasteiger partial charge in [0.1, 0.15) is 0 Å². The van der Waals surface area contributed by atoms with E-state index in [0.29, 0.717) is 12.1 Å². The number of amides is 1. The number of carbonyl (C=O) groups excluding carboxylic acids is 1. The summed E-state index contributed by atoms with van der Waals surface area (Å²) in [6.45, 7) is 3.52. The molecule has 138 valence electrons. The van der Waals surface area contributed by atoms with Crippen molar-refractivity contribution in [2.75, 3.05) is 25.0 Å². The number of likely N-dealkylation sites (N-methyl/N-ethyl adjacent to an activating group) is 1. The van der Waals surface area contributed by atoms with Crippen molar-refractivity contribution in [3.8, 4) is 0 Å². The van der Waals surface area contributed by atoms with Crippen molar-refractivity contribution in [3.63, 3.8) is 0 Å². The lowest BCUT2D eigenvalue weighted by molar-refractivity contribution is 0.0796. The first-order valence-corrected chi connectivity index (χ1v) is 9.11. The maximum atomic E-state index is 12.8. The third kappa shape index (κ3) is 4.70. The molecule has 0 spiro atoms. The van der Waals surface area contributed by atoms with Crippen LogP contribution in [0.15, 0.2) is 73.3 Å². The van der Waals surface area contributed by atoms with Crippen LogP contribution in [0.3, 0.4) is 0 Å². The van der Waals surface area contributed by atoms with Gasteiger partial charge in [-0.3, -0.25) is 14.8 Å². The summed E-state index contributed by atoms with van der Waals surface area (Å²) in [5.41, 5.74) is 3.76. The predicted octanol–water partition coefficient (Wildman–Crippen LogP) is 3.95. The molecule has 5 nitrogen and oxygen atoms in total. The molecule has 0 saturated heterocycles. The minimum Gasteiger partial charge on any atom is -0.341 e. The first-order valence-electron chi connectivity index (χ1n) is 9.11. The smallest absolute Gasteiger partial charge is 0.255 e. The van der Waals surface area contributed by atoms with Gasteiger partial charge in [-0.05, 0) is 49.2 Å². The van der Waals surface area contributed by atoms with Crippen LogP contribution in [-0.2, 0) is 6.42 Å². The fraction of sp³-hybridized carbons (Fsp3) is 0.227. The second kappa shape index (κ2) is 8.94. The quantitative estimate of drug-likeness (QED) is 0.640. The third-order valence-electron chi connectivity index (χ3n) is 4.50. The fourth-order valence-corrected chi connectivity index (χ4v) is 2.98. The van der Waals surface area contributed by atoms with Gasteiger partial charge in [-0.25, -0.2) is 0 Å². The van der Waals surface area contributed by atoms with Crippen molar-refractivity contribution >= 4 is 17.3 Å². The molecular formula is C22H24N4O. The highest BCUT2D eigenvalue weighted by molar-refractivity contribution is 5.94. The molecule has 2 heterocycles. The van der Waals surface area contributed by atoms with Crippen LogP contribution in [0.2, 0.25) is 0 Å². The lowest BCUT2D eigenvalue weighted by atomic mass is 10.1. The van der Waals surface area contributed by atoms with E-state index in [1.54, 1.807) is 29.7 Å². The number of aromatic nitrogens is 2. The lowest BCUT2D eigenvalue weighted by Gasteiger charge is -2.24. The van der Waals surface area contributed by atoms with E-state index in [1.165, 1.54) is 0 Å². The number of rotatable bonds is 7. The molecule has 0 radical (unpaired) electrons. The van der Waals surface area contributed by atoms with E-state index in [4.69, 9.17) is 0 Å². The molecule has 27 heavy (non-hydrogen) atoms. The molecule has 2 aromatic heterocycles. The van der Waals surface area contributed by atoms with Crippen molar-refractivity contribution in [1.29, 1.82) is 0 Å². The number of carbonyl (C=O) groups is 1. The molecule has 0 unspecified atom stereocenters. The summed E-state index contributed by atoms with van der Waals surface area (Å²) >= 11 is 0. The third-order valence-corrected chi connectivity index (χ3v) is 4.50. The maximum Gasteiger partial charge on any atom is 0.255 e. The zero-order valence-corrected chi connectivity index (χ0v) is 15.7. The van der Waals surface area contributed by atoms with Gasteiger partial charge in [-0.1, -0.05) is 18.2 Å². The zero-order valence-electron chi connectivity index (χ0n) is 15.7. The summed E-state index contributed by atoms with van der Waals surface area (Å²) in [6, 6.07) is 16.0. The molecule has 0 aliphatic heterocycles. The lowest BCUT2D eigenvalue weighted by Crippen LogP contribution is -2.29. The number of anilines is 2. The Balaban J connectivity index is 1.73. The molecule has 0 aliphatic carbocycles. The summed E-state index contributed by atoms with van der Waals surface area (Å²) in [4.78, 5) is 25.0. The molecule has 0 N–H and O–H groups in total. The molecule has 0 atom stereocenters. The molecule has 1 amide bonds. The molecule has 3 rings (SSSR count). The van der Waals surface area contributed by atoms with Crippen LogP contribution in [0.1, 0.15) is 22.8 Å². The highest BCUT2D eigenvalue weighted by Crippen LogP contribution is 2.25. The van der Waals surface area contributed by atoms with Gasteiger partial charge in [0.05, 0.1) is 17.4 Å². The van der Waals surface area contributed by atoms with Crippen LogP contribution >= 0.6 is 0 Å². The second-order valence-corrected chi connectivity index (χ2v) is 6.34. The van der Waals surface area contributed by atoms with Crippen LogP contribution in [0, 0.1) is 0 Å². The summed E-state index contributed by atoms with van der Waals surface area (Å²) in [5, 5.41) is 0.